The van der Waals surface area contributed by atoms with E-state index in [1.165, 1.54) is 0 Å². The predicted molar refractivity (Wildman–Crippen MR) is 120 cm³/mol. The highest BCUT2D eigenvalue weighted by Gasteiger charge is 2.36. The standard InChI is InChI=1S/C21H25F3N6O2S/c22-21(23,24)13-9-18(29-20(33)19(13)14(25)10-17(26)32)30-7-4-12(5-8-30)28-11-16(31)15-3-1-2-6-27-15/h1-3,6,9-10,12,16,28,31H,4-5,7-8,11,25H2,(H2,26,32)(H,29,33)/b14-10-. The number of pyridine rings is 2. The Morgan fingerprint density at radius 1 is 1.36 bits per heavy atom. The quantitative estimate of drug-likeness (QED) is 0.302. The van der Waals surface area contributed by atoms with Crippen LogP contribution in [0.4, 0.5) is 19.0 Å². The van der Waals surface area contributed by atoms with Crippen molar-refractivity contribution in [3.8, 4) is 0 Å². The van der Waals surface area contributed by atoms with Gasteiger partial charge < -0.3 is 31.8 Å². The smallest absolute Gasteiger partial charge is 0.398 e. The fourth-order valence-electron chi connectivity index (χ4n) is 3.73. The molecular weight excluding hydrogens is 457 g/mol. The van der Waals surface area contributed by atoms with E-state index in [9.17, 15) is 23.1 Å². The third-order valence-corrected chi connectivity index (χ3v) is 5.68. The van der Waals surface area contributed by atoms with Crippen molar-refractivity contribution in [2.45, 2.75) is 31.2 Å². The average molecular weight is 483 g/mol. The van der Waals surface area contributed by atoms with Crippen LogP contribution in [0.1, 0.15) is 35.8 Å². The molecule has 12 heteroatoms. The molecule has 33 heavy (non-hydrogen) atoms. The van der Waals surface area contributed by atoms with Crippen molar-refractivity contribution in [1.29, 1.82) is 0 Å². The van der Waals surface area contributed by atoms with Crippen molar-refractivity contribution < 1.29 is 23.1 Å². The summed E-state index contributed by atoms with van der Waals surface area (Å²) in [7, 11) is 0. The van der Waals surface area contributed by atoms with Crippen LogP contribution >= 0.6 is 12.2 Å². The second-order valence-corrected chi connectivity index (χ2v) is 8.12. The molecule has 1 atom stereocenters. The number of hydrogen-bond donors (Lipinski definition) is 5. The van der Waals surface area contributed by atoms with Crippen LogP contribution in [0.5, 0.6) is 0 Å². The molecule has 1 aliphatic heterocycles. The summed E-state index contributed by atoms with van der Waals surface area (Å²) in [6.45, 7) is 1.28. The third-order valence-electron chi connectivity index (χ3n) is 5.38. The van der Waals surface area contributed by atoms with Crippen LogP contribution < -0.4 is 21.7 Å². The Labute approximate surface area is 193 Å². The zero-order valence-electron chi connectivity index (χ0n) is 17.6. The molecule has 2 aromatic heterocycles. The number of nitrogens with zero attached hydrogens (tertiary/aromatic N) is 2. The Balaban J connectivity index is 1.70. The number of nitrogens with one attached hydrogen (secondary N) is 2. The first kappa shape index (κ1) is 24.7. The molecule has 1 aliphatic rings. The van der Waals surface area contributed by atoms with Gasteiger partial charge in [0.05, 0.1) is 11.3 Å². The highest BCUT2D eigenvalue weighted by Crippen LogP contribution is 2.36. The Kier molecular flexibility index (Phi) is 7.72. The number of piperidine rings is 1. The lowest BCUT2D eigenvalue weighted by Gasteiger charge is -2.34. The number of primary amides is 1. The van der Waals surface area contributed by atoms with Gasteiger partial charge in [-0.05, 0) is 31.0 Å². The number of anilines is 1. The van der Waals surface area contributed by atoms with E-state index in [1.807, 2.05) is 0 Å². The van der Waals surface area contributed by atoms with E-state index in [2.05, 4.69) is 15.3 Å². The predicted octanol–water partition coefficient (Wildman–Crippen LogP) is 2.23. The van der Waals surface area contributed by atoms with Crippen LogP contribution in [0.25, 0.3) is 5.70 Å². The molecular formula is C21H25F3N6O2S. The van der Waals surface area contributed by atoms with Crippen molar-refractivity contribution in [3.63, 3.8) is 0 Å². The van der Waals surface area contributed by atoms with Crippen molar-refractivity contribution in [1.82, 2.24) is 15.3 Å². The van der Waals surface area contributed by atoms with Crippen LogP contribution in [0, 0.1) is 4.64 Å². The number of halogens is 3. The van der Waals surface area contributed by atoms with E-state index in [1.54, 1.807) is 29.3 Å². The number of aromatic nitrogens is 2. The van der Waals surface area contributed by atoms with Gasteiger partial charge in [-0.1, -0.05) is 18.3 Å². The van der Waals surface area contributed by atoms with Crippen LogP contribution in [0.3, 0.4) is 0 Å². The lowest BCUT2D eigenvalue weighted by molar-refractivity contribution is -0.137. The topological polar surface area (TPSA) is 133 Å². The maximum atomic E-state index is 13.7. The van der Waals surface area contributed by atoms with Crippen molar-refractivity contribution in [2.75, 3.05) is 24.5 Å². The molecule has 0 bridgehead atoms. The largest absolute Gasteiger partial charge is 0.417 e. The molecule has 3 rings (SSSR count). The third kappa shape index (κ3) is 6.30. The first-order valence-corrected chi connectivity index (χ1v) is 10.7. The minimum Gasteiger partial charge on any atom is -0.398 e. The SMILES string of the molecule is NC(=O)/C=C(\N)c1c(C(F)(F)F)cc(N2CCC(NCC(O)c3ccccn3)CC2)[nH]c1=S. The summed E-state index contributed by atoms with van der Waals surface area (Å²) in [5, 5.41) is 13.5. The van der Waals surface area contributed by atoms with Crippen molar-refractivity contribution >= 4 is 29.6 Å². The van der Waals surface area contributed by atoms with Gasteiger partial charge in [0.2, 0.25) is 5.91 Å². The maximum absolute atomic E-state index is 13.7. The molecule has 0 aliphatic carbocycles. The van der Waals surface area contributed by atoms with Crippen molar-refractivity contribution in [2.24, 2.45) is 11.5 Å². The van der Waals surface area contributed by atoms with Gasteiger partial charge in [0.1, 0.15) is 16.6 Å². The number of aromatic amines is 1. The molecule has 1 unspecified atom stereocenters. The fraction of sp³-hybridized carbons (Fsp3) is 0.381. The molecule has 3 heterocycles. The van der Waals surface area contributed by atoms with E-state index >= 15 is 0 Å². The Morgan fingerprint density at radius 3 is 2.64 bits per heavy atom. The van der Waals surface area contributed by atoms with Crippen LogP contribution in [0.2, 0.25) is 0 Å². The minimum absolute atomic E-state index is 0.0955. The normalized spacial score (nSPS) is 16.6. The van der Waals surface area contributed by atoms with Gasteiger partial charge in [0.25, 0.3) is 0 Å². The number of hydrogen-bond acceptors (Lipinski definition) is 7. The number of aliphatic hydroxyl groups is 1. The van der Waals surface area contributed by atoms with E-state index in [0.29, 0.717) is 44.2 Å². The zero-order chi connectivity index (χ0) is 24.2. The van der Waals surface area contributed by atoms with Gasteiger partial charge in [-0.15, -0.1) is 0 Å². The van der Waals surface area contributed by atoms with Gasteiger partial charge in [-0.25, -0.2) is 0 Å². The number of nitrogens with two attached hydrogens (primary N) is 2. The summed E-state index contributed by atoms with van der Waals surface area (Å²) in [4.78, 5) is 19.8. The molecule has 2 aromatic rings. The number of rotatable bonds is 7. The molecule has 0 aromatic carbocycles. The lowest BCUT2D eigenvalue weighted by Crippen LogP contribution is -2.44. The number of amides is 1. The molecule has 1 saturated heterocycles. The number of carbonyl (C=O) groups is 1. The minimum atomic E-state index is -4.73. The molecule has 0 spiro atoms. The summed E-state index contributed by atoms with van der Waals surface area (Å²) in [5.74, 6) is -0.753. The average Bonchev–Trinajstić information content (AvgIpc) is 2.76. The second kappa shape index (κ2) is 10.3. The van der Waals surface area contributed by atoms with E-state index in [4.69, 9.17) is 23.7 Å². The van der Waals surface area contributed by atoms with Gasteiger partial charge in [-0.2, -0.15) is 13.2 Å². The molecule has 0 saturated carbocycles. The van der Waals surface area contributed by atoms with Gasteiger partial charge in [0, 0.05) is 49.2 Å². The molecule has 178 valence electrons. The fourth-order valence-corrected chi connectivity index (χ4v) is 4.06. The summed E-state index contributed by atoms with van der Waals surface area (Å²) in [6.07, 6.45) is -1.85. The number of aliphatic hydroxyl groups excluding tert-OH is 1. The van der Waals surface area contributed by atoms with Gasteiger partial charge in [0.15, 0.2) is 0 Å². The summed E-state index contributed by atoms with van der Waals surface area (Å²) in [6, 6.07) is 6.35. The van der Waals surface area contributed by atoms with Crippen LogP contribution in [-0.2, 0) is 11.0 Å². The Bertz CT molecular complexity index is 1070. The van der Waals surface area contributed by atoms with Crippen LogP contribution in [0.15, 0.2) is 36.5 Å². The van der Waals surface area contributed by atoms with E-state index in [0.717, 1.165) is 6.07 Å². The Morgan fingerprint density at radius 2 is 2.06 bits per heavy atom. The first-order valence-electron chi connectivity index (χ1n) is 10.2. The number of carbonyl (C=O) groups excluding carboxylic acids is 1. The molecule has 0 radical (unpaired) electrons. The molecule has 1 fully saturated rings. The van der Waals surface area contributed by atoms with E-state index in [-0.39, 0.29) is 16.5 Å². The molecule has 7 N–H and O–H groups in total. The monoisotopic (exact) mass is 482 g/mol. The second-order valence-electron chi connectivity index (χ2n) is 7.71. The lowest BCUT2D eigenvalue weighted by atomic mass is 10.0. The molecule has 1 amide bonds. The summed E-state index contributed by atoms with van der Waals surface area (Å²) >= 11 is 5.13. The molecule has 8 nitrogen and oxygen atoms in total. The van der Waals surface area contributed by atoms with Crippen LogP contribution in [-0.4, -0.2) is 46.7 Å². The first-order chi connectivity index (χ1) is 15.6. The maximum Gasteiger partial charge on any atom is 0.417 e. The number of alkyl halides is 3. The highest BCUT2D eigenvalue weighted by atomic mass is 32.1. The van der Waals surface area contributed by atoms with Crippen molar-refractivity contribution in [3.05, 3.63) is 58.0 Å². The zero-order valence-corrected chi connectivity index (χ0v) is 18.4. The summed E-state index contributed by atoms with van der Waals surface area (Å²) < 4.78 is 41.0. The van der Waals surface area contributed by atoms with E-state index < -0.39 is 35.0 Å². The summed E-state index contributed by atoms with van der Waals surface area (Å²) in [5.41, 5.74) is 9.31. The highest BCUT2D eigenvalue weighted by molar-refractivity contribution is 7.71. The van der Waals surface area contributed by atoms with Gasteiger partial charge in [-0.3, -0.25) is 9.78 Å². The van der Waals surface area contributed by atoms with Gasteiger partial charge >= 0.3 is 6.18 Å². The Hall–Kier alpha value is -2.96. The number of H-pyrrole nitrogens is 1.